The van der Waals surface area contributed by atoms with Gasteiger partial charge >= 0.3 is 0 Å². The fourth-order valence-corrected chi connectivity index (χ4v) is 6.66. The van der Waals surface area contributed by atoms with E-state index in [1.807, 2.05) is 6.07 Å². The van der Waals surface area contributed by atoms with Crippen molar-refractivity contribution in [3.63, 3.8) is 0 Å². The number of para-hydroxylation sites is 2. The molecule has 2 heteroatoms. The topological polar surface area (TPSA) is 18.1 Å². The number of benzene rings is 7. The first-order chi connectivity index (χ1) is 19.9. The molecule has 9 rings (SSSR count). The van der Waals surface area contributed by atoms with Crippen LogP contribution in [-0.4, -0.2) is 4.57 Å². The van der Waals surface area contributed by atoms with E-state index in [0.717, 1.165) is 22.2 Å². The van der Waals surface area contributed by atoms with Gasteiger partial charge < -0.3 is 8.98 Å². The van der Waals surface area contributed by atoms with Gasteiger partial charge in [-0.2, -0.15) is 0 Å². The zero-order valence-corrected chi connectivity index (χ0v) is 21.6. The molecule has 2 nitrogen and oxygen atoms in total. The zero-order chi connectivity index (χ0) is 26.2. The smallest absolute Gasteiger partial charge is 0.146 e. The van der Waals surface area contributed by atoms with Crippen molar-refractivity contribution >= 4 is 65.3 Å². The van der Waals surface area contributed by atoms with Crippen molar-refractivity contribution in [3.8, 4) is 16.8 Å². The van der Waals surface area contributed by atoms with Crippen LogP contribution in [0.2, 0.25) is 0 Å². The van der Waals surface area contributed by atoms with Crippen LogP contribution >= 0.6 is 0 Å². The van der Waals surface area contributed by atoms with E-state index in [0.29, 0.717) is 0 Å². The molecule has 0 saturated carbocycles. The predicted octanol–water partition coefficient (Wildman–Crippen LogP) is 10.7. The molecular weight excluding hydrogens is 486 g/mol. The maximum Gasteiger partial charge on any atom is 0.146 e. The van der Waals surface area contributed by atoms with Gasteiger partial charge in [0, 0.05) is 27.2 Å². The highest BCUT2D eigenvalue weighted by atomic mass is 16.3. The molecule has 0 fully saturated rings. The Balaban J connectivity index is 1.39. The lowest BCUT2D eigenvalue weighted by Gasteiger charge is -2.12. The van der Waals surface area contributed by atoms with Crippen LogP contribution in [-0.2, 0) is 0 Å². The standard InChI is InChI=1S/C38H23NO/c1-2-12-27-24(10-1)11-9-17-28(27)25-20-22-26(23-21-25)39-33-18-7-5-15-31(33)36-37(39)30-14-4-3-13-29(30)35-32-16-6-8-19-34(32)40-38(35)36/h1-23H. The second kappa shape index (κ2) is 8.08. The lowest BCUT2D eigenvalue weighted by molar-refractivity contribution is 0.673. The first-order valence-corrected chi connectivity index (χ1v) is 13.7. The highest BCUT2D eigenvalue weighted by molar-refractivity contribution is 6.35. The molecule has 2 aromatic heterocycles. The molecule has 0 atom stereocenters. The Bertz CT molecular complexity index is 2420. The minimum absolute atomic E-state index is 0.923. The molecule has 0 saturated heterocycles. The van der Waals surface area contributed by atoms with Crippen LogP contribution in [0.5, 0.6) is 0 Å². The SMILES string of the molecule is c1ccc2c(-c3ccc(-n4c5ccccc5c5c6oc7ccccc7c6c6ccccc6c54)cc3)cccc2c1. The van der Waals surface area contributed by atoms with E-state index in [1.165, 1.54) is 59.9 Å². The van der Waals surface area contributed by atoms with Crippen LogP contribution < -0.4 is 0 Å². The average molecular weight is 510 g/mol. The van der Waals surface area contributed by atoms with Crippen molar-refractivity contribution < 1.29 is 4.42 Å². The van der Waals surface area contributed by atoms with Crippen LogP contribution in [0.3, 0.4) is 0 Å². The van der Waals surface area contributed by atoms with E-state index in [2.05, 4.69) is 138 Å². The quantitative estimate of drug-likeness (QED) is 0.227. The molecule has 0 amide bonds. The Morgan fingerprint density at radius 1 is 0.450 bits per heavy atom. The second-order valence-electron chi connectivity index (χ2n) is 10.5. The molecule has 0 aliphatic carbocycles. The van der Waals surface area contributed by atoms with Gasteiger partial charge in [-0.3, -0.25) is 0 Å². The summed E-state index contributed by atoms with van der Waals surface area (Å²) in [6.07, 6.45) is 0. The monoisotopic (exact) mass is 509 g/mol. The van der Waals surface area contributed by atoms with Crippen LogP contribution in [0.1, 0.15) is 0 Å². The molecule has 0 spiro atoms. The van der Waals surface area contributed by atoms with E-state index in [9.17, 15) is 0 Å². The predicted molar refractivity (Wildman–Crippen MR) is 169 cm³/mol. The van der Waals surface area contributed by atoms with Crippen LogP contribution in [0.25, 0.3) is 82.1 Å². The number of hydrogen-bond donors (Lipinski definition) is 0. The summed E-state index contributed by atoms with van der Waals surface area (Å²) < 4.78 is 9.04. The van der Waals surface area contributed by atoms with Gasteiger partial charge in [-0.1, -0.05) is 115 Å². The van der Waals surface area contributed by atoms with Crippen molar-refractivity contribution in [2.45, 2.75) is 0 Å². The number of rotatable bonds is 2. The number of hydrogen-bond acceptors (Lipinski definition) is 1. The van der Waals surface area contributed by atoms with E-state index in [4.69, 9.17) is 4.42 Å². The molecule has 0 aliphatic heterocycles. The lowest BCUT2D eigenvalue weighted by Crippen LogP contribution is -1.95. The zero-order valence-electron chi connectivity index (χ0n) is 21.6. The molecule has 0 unspecified atom stereocenters. The van der Waals surface area contributed by atoms with Gasteiger partial charge in [-0.25, -0.2) is 0 Å². The minimum Gasteiger partial charge on any atom is -0.455 e. The van der Waals surface area contributed by atoms with E-state index in [1.54, 1.807) is 0 Å². The Morgan fingerprint density at radius 2 is 1.10 bits per heavy atom. The number of aromatic nitrogens is 1. The summed E-state index contributed by atoms with van der Waals surface area (Å²) >= 11 is 0. The Morgan fingerprint density at radius 3 is 1.95 bits per heavy atom. The summed E-state index contributed by atoms with van der Waals surface area (Å²) in [4.78, 5) is 0. The molecule has 0 N–H and O–H groups in total. The summed E-state index contributed by atoms with van der Waals surface area (Å²) in [6.45, 7) is 0. The first-order valence-electron chi connectivity index (χ1n) is 13.7. The fraction of sp³-hybridized carbons (Fsp3) is 0. The minimum atomic E-state index is 0.923. The Hall–Kier alpha value is -5.34. The van der Waals surface area contributed by atoms with Gasteiger partial charge in [-0.15, -0.1) is 0 Å². The third kappa shape index (κ3) is 2.88. The molecule has 0 radical (unpaired) electrons. The normalized spacial score (nSPS) is 12.0. The maximum atomic E-state index is 6.64. The van der Waals surface area contributed by atoms with Crippen LogP contribution in [0.15, 0.2) is 144 Å². The van der Waals surface area contributed by atoms with Gasteiger partial charge in [0.15, 0.2) is 0 Å². The van der Waals surface area contributed by atoms with Gasteiger partial charge in [-0.05, 0) is 51.6 Å². The summed E-state index contributed by atoms with van der Waals surface area (Å²) in [6, 6.07) is 49.9. The molecule has 186 valence electrons. The van der Waals surface area contributed by atoms with E-state index < -0.39 is 0 Å². The van der Waals surface area contributed by atoms with Gasteiger partial charge in [0.25, 0.3) is 0 Å². The van der Waals surface area contributed by atoms with Crippen molar-refractivity contribution in [1.29, 1.82) is 0 Å². The molecule has 2 heterocycles. The van der Waals surface area contributed by atoms with Crippen molar-refractivity contribution in [1.82, 2.24) is 4.57 Å². The van der Waals surface area contributed by atoms with Crippen molar-refractivity contribution in [3.05, 3.63) is 140 Å². The Labute approximate surface area is 230 Å². The van der Waals surface area contributed by atoms with E-state index in [-0.39, 0.29) is 0 Å². The van der Waals surface area contributed by atoms with Crippen molar-refractivity contribution in [2.75, 3.05) is 0 Å². The molecule has 0 aliphatic rings. The van der Waals surface area contributed by atoms with Gasteiger partial charge in [0.05, 0.1) is 16.4 Å². The molecule has 0 bridgehead atoms. The van der Waals surface area contributed by atoms with Crippen LogP contribution in [0.4, 0.5) is 0 Å². The maximum absolute atomic E-state index is 6.64. The van der Waals surface area contributed by atoms with Gasteiger partial charge in [0.2, 0.25) is 0 Å². The van der Waals surface area contributed by atoms with Gasteiger partial charge in [0.1, 0.15) is 11.2 Å². The highest BCUT2D eigenvalue weighted by Gasteiger charge is 2.22. The lowest BCUT2D eigenvalue weighted by atomic mass is 9.98. The third-order valence-electron chi connectivity index (χ3n) is 8.37. The number of fused-ring (bicyclic) bond motifs is 11. The summed E-state index contributed by atoms with van der Waals surface area (Å²) in [5.41, 5.74) is 7.83. The third-order valence-corrected chi connectivity index (χ3v) is 8.37. The number of nitrogens with zero attached hydrogens (tertiary/aromatic N) is 1. The average Bonchev–Trinajstić information content (AvgIpc) is 3.58. The largest absolute Gasteiger partial charge is 0.455 e. The summed E-state index contributed by atoms with van der Waals surface area (Å²) in [7, 11) is 0. The Kier molecular flexibility index (Phi) is 4.36. The second-order valence-corrected chi connectivity index (χ2v) is 10.5. The molecule has 7 aromatic carbocycles. The number of furan rings is 1. The summed E-state index contributed by atoms with van der Waals surface area (Å²) in [5, 5.41) is 9.68. The molecule has 40 heavy (non-hydrogen) atoms. The molecular formula is C38H23NO. The fourth-order valence-electron chi connectivity index (χ4n) is 6.66. The first kappa shape index (κ1) is 21.6. The van der Waals surface area contributed by atoms with Crippen molar-refractivity contribution in [2.24, 2.45) is 0 Å². The highest BCUT2D eigenvalue weighted by Crippen LogP contribution is 2.45. The summed E-state index contributed by atoms with van der Waals surface area (Å²) in [5.74, 6) is 0. The molecule has 9 aromatic rings. The van der Waals surface area contributed by atoms with Crippen LogP contribution in [0, 0.1) is 0 Å². The van der Waals surface area contributed by atoms with E-state index >= 15 is 0 Å².